The normalized spacial score (nSPS) is 12.4. The number of aromatic nitrogens is 3. The number of anilines is 2. The quantitative estimate of drug-likeness (QED) is 0.764. The molecule has 1 aromatic carbocycles. The number of amides is 1. The molecule has 0 bridgehead atoms. The minimum atomic E-state index is -0.226. The van der Waals surface area contributed by atoms with Gasteiger partial charge >= 0.3 is 0 Å². The number of fused-ring (bicyclic) bond motifs is 1. The van der Waals surface area contributed by atoms with Crippen molar-refractivity contribution < 1.29 is 9.53 Å². The fraction of sp³-hybridized carbons (Fsp3) is 0.222. The van der Waals surface area contributed by atoms with Crippen LogP contribution in [0.5, 0.6) is 5.75 Å². The van der Waals surface area contributed by atoms with E-state index in [9.17, 15) is 4.79 Å². The van der Waals surface area contributed by atoms with E-state index >= 15 is 0 Å². The van der Waals surface area contributed by atoms with Crippen molar-refractivity contribution >= 4 is 28.7 Å². The molecule has 0 unspecified atom stereocenters. The Hall–Kier alpha value is -3.00. The Kier molecular flexibility index (Phi) is 4.26. The number of rotatable bonds is 4. The number of ether oxygens (including phenoxy) is 1. The molecule has 0 atom stereocenters. The van der Waals surface area contributed by atoms with Crippen LogP contribution in [-0.4, -0.2) is 41.6 Å². The predicted octanol–water partition coefficient (Wildman–Crippen LogP) is 2.85. The van der Waals surface area contributed by atoms with Crippen molar-refractivity contribution in [2.45, 2.75) is 6.42 Å². The number of benzene rings is 1. The molecule has 8 heteroatoms. The van der Waals surface area contributed by atoms with Crippen LogP contribution in [0.4, 0.5) is 11.5 Å². The van der Waals surface area contributed by atoms with Crippen molar-refractivity contribution in [3.05, 3.63) is 47.4 Å². The lowest BCUT2D eigenvalue weighted by Crippen LogP contribution is -2.17. The molecule has 2 aromatic heterocycles. The number of hydrogen-bond acceptors (Lipinski definition) is 7. The summed E-state index contributed by atoms with van der Waals surface area (Å²) in [5, 5.41) is 3.67. The van der Waals surface area contributed by atoms with Crippen molar-refractivity contribution in [3.63, 3.8) is 0 Å². The highest BCUT2D eigenvalue weighted by molar-refractivity contribution is 7.17. The van der Waals surface area contributed by atoms with E-state index in [0.29, 0.717) is 16.4 Å². The van der Waals surface area contributed by atoms with Crippen LogP contribution in [0.1, 0.15) is 15.2 Å². The largest absolute Gasteiger partial charge is 0.493 e. The molecule has 0 radical (unpaired) electrons. The lowest BCUT2D eigenvalue weighted by molar-refractivity contribution is 0.103. The Morgan fingerprint density at radius 3 is 3.00 bits per heavy atom. The zero-order chi connectivity index (χ0) is 18.1. The van der Waals surface area contributed by atoms with Gasteiger partial charge in [0.25, 0.3) is 5.91 Å². The molecule has 132 valence electrons. The molecule has 0 saturated heterocycles. The maximum absolute atomic E-state index is 12.6. The van der Waals surface area contributed by atoms with Gasteiger partial charge in [0.1, 0.15) is 27.6 Å². The van der Waals surface area contributed by atoms with Crippen molar-refractivity contribution in [2.24, 2.45) is 0 Å². The van der Waals surface area contributed by atoms with Crippen molar-refractivity contribution in [2.75, 3.05) is 30.9 Å². The number of carbonyl (C=O) groups is 1. The van der Waals surface area contributed by atoms with Crippen LogP contribution in [-0.2, 0) is 6.42 Å². The van der Waals surface area contributed by atoms with Crippen LogP contribution >= 0.6 is 11.3 Å². The van der Waals surface area contributed by atoms with Crippen molar-refractivity contribution in [1.82, 2.24) is 15.0 Å². The number of nitrogens with one attached hydrogen (secondary N) is 1. The molecule has 1 aliphatic rings. The first kappa shape index (κ1) is 16.5. The summed E-state index contributed by atoms with van der Waals surface area (Å²) in [6.07, 6.45) is 5.54. The van der Waals surface area contributed by atoms with E-state index in [1.807, 2.05) is 31.1 Å². The van der Waals surface area contributed by atoms with E-state index in [0.717, 1.165) is 29.3 Å². The summed E-state index contributed by atoms with van der Waals surface area (Å²) in [6, 6.07) is 6.02. The second-order valence-electron chi connectivity index (χ2n) is 6.06. The molecule has 0 fully saturated rings. The molecule has 26 heavy (non-hydrogen) atoms. The van der Waals surface area contributed by atoms with Gasteiger partial charge in [-0.1, -0.05) is 0 Å². The zero-order valence-corrected chi connectivity index (χ0v) is 15.2. The molecule has 0 aliphatic carbocycles. The van der Waals surface area contributed by atoms with E-state index < -0.39 is 0 Å². The maximum Gasteiger partial charge on any atom is 0.267 e. The Bertz CT molecular complexity index is 970. The summed E-state index contributed by atoms with van der Waals surface area (Å²) < 4.78 is 5.53. The van der Waals surface area contributed by atoms with Gasteiger partial charge in [-0.25, -0.2) is 15.0 Å². The van der Waals surface area contributed by atoms with E-state index in [1.165, 1.54) is 23.2 Å². The molecule has 0 saturated carbocycles. The first-order chi connectivity index (χ1) is 12.6. The fourth-order valence-electron chi connectivity index (χ4n) is 2.78. The molecule has 3 aromatic rings. The average Bonchev–Trinajstić information content (AvgIpc) is 3.30. The van der Waals surface area contributed by atoms with Gasteiger partial charge in [-0.3, -0.25) is 4.79 Å². The van der Waals surface area contributed by atoms with E-state index in [2.05, 4.69) is 26.3 Å². The Morgan fingerprint density at radius 2 is 2.15 bits per heavy atom. The standard InChI is InChI=1S/C18H17N5O2S/c1-23(2)16-13(8-19-10-21-16)22-17(24)15-9-20-18(26-15)12-3-4-14-11(7-12)5-6-25-14/h3-4,7-10H,5-6H2,1-2H3,(H,22,24). The predicted molar refractivity (Wildman–Crippen MR) is 101 cm³/mol. The average molecular weight is 367 g/mol. The lowest BCUT2D eigenvalue weighted by atomic mass is 10.1. The zero-order valence-electron chi connectivity index (χ0n) is 14.4. The molecule has 1 N–H and O–H groups in total. The van der Waals surface area contributed by atoms with Gasteiger partial charge in [0.15, 0.2) is 5.82 Å². The van der Waals surface area contributed by atoms with Crippen LogP contribution in [0.3, 0.4) is 0 Å². The molecule has 3 heterocycles. The molecular formula is C18H17N5O2S. The first-order valence-electron chi connectivity index (χ1n) is 8.12. The number of nitrogens with zero attached hydrogens (tertiary/aromatic N) is 4. The molecular weight excluding hydrogens is 350 g/mol. The minimum absolute atomic E-state index is 0.226. The van der Waals surface area contributed by atoms with Gasteiger partial charge in [-0.05, 0) is 23.8 Å². The van der Waals surface area contributed by atoms with Gasteiger partial charge < -0.3 is 15.0 Å². The summed E-state index contributed by atoms with van der Waals surface area (Å²) >= 11 is 1.35. The van der Waals surface area contributed by atoms with E-state index in [1.54, 1.807) is 12.4 Å². The molecule has 7 nitrogen and oxygen atoms in total. The molecule has 0 spiro atoms. The number of hydrogen-bond donors (Lipinski definition) is 1. The van der Waals surface area contributed by atoms with Gasteiger partial charge in [-0.15, -0.1) is 11.3 Å². The van der Waals surface area contributed by atoms with Gasteiger partial charge in [0.05, 0.1) is 19.0 Å². The topological polar surface area (TPSA) is 80.2 Å². The van der Waals surface area contributed by atoms with E-state index in [-0.39, 0.29) is 5.91 Å². The smallest absolute Gasteiger partial charge is 0.267 e. The number of carbonyl (C=O) groups excluding carboxylic acids is 1. The van der Waals surface area contributed by atoms with Gasteiger partial charge in [-0.2, -0.15) is 0 Å². The first-order valence-corrected chi connectivity index (χ1v) is 8.94. The maximum atomic E-state index is 12.6. The van der Waals surface area contributed by atoms with Crippen molar-refractivity contribution in [1.29, 1.82) is 0 Å². The monoisotopic (exact) mass is 367 g/mol. The third kappa shape index (κ3) is 3.11. The number of thiazole rings is 1. The van der Waals surface area contributed by atoms with Gasteiger partial charge in [0, 0.05) is 26.1 Å². The third-order valence-electron chi connectivity index (χ3n) is 4.03. The van der Waals surface area contributed by atoms with Crippen LogP contribution in [0.25, 0.3) is 10.6 Å². The van der Waals surface area contributed by atoms with Crippen molar-refractivity contribution in [3.8, 4) is 16.3 Å². The summed E-state index contributed by atoms with van der Waals surface area (Å²) in [5.41, 5.74) is 2.74. The second kappa shape index (κ2) is 6.72. The Morgan fingerprint density at radius 1 is 1.27 bits per heavy atom. The lowest BCUT2D eigenvalue weighted by Gasteiger charge is -2.15. The Labute approximate surface area is 154 Å². The highest BCUT2D eigenvalue weighted by atomic mass is 32.1. The van der Waals surface area contributed by atoms with Gasteiger partial charge in [0.2, 0.25) is 0 Å². The fourth-order valence-corrected chi connectivity index (χ4v) is 3.59. The Balaban J connectivity index is 1.56. The third-order valence-corrected chi connectivity index (χ3v) is 5.07. The van der Waals surface area contributed by atoms with Crippen LogP contribution in [0.15, 0.2) is 36.9 Å². The van der Waals surface area contributed by atoms with Crippen LogP contribution < -0.4 is 15.0 Å². The highest BCUT2D eigenvalue weighted by Crippen LogP contribution is 2.32. The molecule has 1 amide bonds. The summed E-state index contributed by atoms with van der Waals surface area (Å²) in [5.74, 6) is 1.36. The molecule has 4 rings (SSSR count). The second-order valence-corrected chi connectivity index (χ2v) is 7.09. The van der Waals surface area contributed by atoms with Crippen LogP contribution in [0.2, 0.25) is 0 Å². The SMILES string of the molecule is CN(C)c1ncncc1NC(=O)c1cnc(-c2ccc3c(c2)CCO3)s1. The summed E-state index contributed by atoms with van der Waals surface area (Å²) in [7, 11) is 3.72. The highest BCUT2D eigenvalue weighted by Gasteiger charge is 2.17. The summed E-state index contributed by atoms with van der Waals surface area (Å²) in [4.78, 5) is 27.5. The van der Waals surface area contributed by atoms with Crippen LogP contribution in [0, 0.1) is 0 Å². The minimum Gasteiger partial charge on any atom is -0.493 e. The molecule has 1 aliphatic heterocycles. The summed E-state index contributed by atoms with van der Waals surface area (Å²) in [6.45, 7) is 0.720. The van der Waals surface area contributed by atoms with E-state index in [4.69, 9.17) is 4.74 Å².